The summed E-state index contributed by atoms with van der Waals surface area (Å²) in [4.78, 5) is 11.8. The van der Waals surface area contributed by atoms with E-state index in [2.05, 4.69) is 5.32 Å². The van der Waals surface area contributed by atoms with Gasteiger partial charge in [-0.3, -0.25) is 4.79 Å². The molecule has 1 amide bonds. The maximum absolute atomic E-state index is 11.8. The number of hydrogen-bond donors (Lipinski definition) is 1. The van der Waals surface area contributed by atoms with Crippen molar-refractivity contribution in [1.29, 1.82) is 0 Å². The van der Waals surface area contributed by atoms with Crippen LogP contribution in [0.3, 0.4) is 0 Å². The maximum Gasteiger partial charge on any atom is 0.224 e. The van der Waals surface area contributed by atoms with E-state index < -0.39 is 0 Å². The van der Waals surface area contributed by atoms with Crippen LogP contribution in [0.4, 0.5) is 5.69 Å². The molecule has 1 aromatic carbocycles. The first-order valence-electron chi connectivity index (χ1n) is 9.25. The number of para-hydroxylation sites is 1. The van der Waals surface area contributed by atoms with Crippen LogP contribution in [0.25, 0.3) is 0 Å². The minimum Gasteiger partial charge on any atom is -0.382 e. The molecule has 0 saturated heterocycles. The number of benzene rings is 1. The van der Waals surface area contributed by atoms with Crippen molar-refractivity contribution in [2.45, 2.75) is 71.1 Å². The van der Waals surface area contributed by atoms with E-state index in [1.54, 1.807) is 0 Å². The average molecular weight is 319 g/mol. The quantitative estimate of drug-likeness (QED) is 0.456. The Morgan fingerprint density at radius 1 is 0.870 bits per heavy atom. The fourth-order valence-electron chi connectivity index (χ4n) is 2.62. The van der Waals surface area contributed by atoms with E-state index in [1.807, 2.05) is 37.3 Å². The van der Waals surface area contributed by atoms with Crippen LogP contribution >= 0.6 is 0 Å². The van der Waals surface area contributed by atoms with Crippen LogP contribution in [0.2, 0.25) is 0 Å². The van der Waals surface area contributed by atoms with Gasteiger partial charge in [0, 0.05) is 25.3 Å². The Kier molecular flexibility index (Phi) is 12.2. The van der Waals surface area contributed by atoms with Gasteiger partial charge >= 0.3 is 0 Å². The van der Waals surface area contributed by atoms with Gasteiger partial charge in [-0.05, 0) is 31.9 Å². The molecule has 0 unspecified atom stereocenters. The first-order chi connectivity index (χ1) is 11.3. The summed E-state index contributed by atoms with van der Waals surface area (Å²) in [7, 11) is 0. The SMILES string of the molecule is CCOCCCCCCCCCCCC(=O)Nc1ccccc1. The first-order valence-corrected chi connectivity index (χ1v) is 9.25. The smallest absolute Gasteiger partial charge is 0.224 e. The number of ether oxygens (including phenoxy) is 1. The van der Waals surface area contributed by atoms with Crippen molar-refractivity contribution < 1.29 is 9.53 Å². The van der Waals surface area contributed by atoms with Crippen molar-refractivity contribution in [3.05, 3.63) is 30.3 Å². The molecular weight excluding hydrogens is 286 g/mol. The molecule has 3 heteroatoms. The van der Waals surface area contributed by atoms with Gasteiger partial charge in [-0.1, -0.05) is 63.1 Å². The molecule has 0 aliphatic rings. The van der Waals surface area contributed by atoms with Crippen molar-refractivity contribution in [1.82, 2.24) is 0 Å². The topological polar surface area (TPSA) is 38.3 Å². The number of amides is 1. The molecule has 0 aliphatic heterocycles. The second-order valence-corrected chi connectivity index (χ2v) is 6.04. The molecule has 0 spiro atoms. The summed E-state index contributed by atoms with van der Waals surface area (Å²) in [6, 6.07) is 9.67. The van der Waals surface area contributed by atoms with Crippen LogP contribution in [0.1, 0.15) is 71.1 Å². The summed E-state index contributed by atoms with van der Waals surface area (Å²) in [6.07, 6.45) is 11.8. The third-order valence-electron chi connectivity index (χ3n) is 3.95. The summed E-state index contributed by atoms with van der Waals surface area (Å²) >= 11 is 0. The largest absolute Gasteiger partial charge is 0.382 e. The molecule has 0 bridgehead atoms. The van der Waals surface area contributed by atoms with E-state index in [0.29, 0.717) is 6.42 Å². The molecule has 0 saturated carbocycles. The predicted octanol–water partition coefficient (Wildman–Crippen LogP) is 5.56. The van der Waals surface area contributed by atoms with E-state index in [-0.39, 0.29) is 5.91 Å². The number of nitrogens with one attached hydrogen (secondary N) is 1. The third-order valence-corrected chi connectivity index (χ3v) is 3.95. The van der Waals surface area contributed by atoms with Crippen molar-refractivity contribution in [2.75, 3.05) is 18.5 Å². The van der Waals surface area contributed by atoms with Crippen LogP contribution in [-0.4, -0.2) is 19.1 Å². The molecule has 0 aliphatic carbocycles. The second kappa shape index (κ2) is 14.3. The highest BCUT2D eigenvalue weighted by Gasteiger charge is 2.01. The minimum atomic E-state index is 0.130. The van der Waals surface area contributed by atoms with Crippen molar-refractivity contribution in [2.24, 2.45) is 0 Å². The van der Waals surface area contributed by atoms with Crippen molar-refractivity contribution in [3.8, 4) is 0 Å². The lowest BCUT2D eigenvalue weighted by Crippen LogP contribution is -2.10. The van der Waals surface area contributed by atoms with Crippen molar-refractivity contribution >= 4 is 11.6 Å². The van der Waals surface area contributed by atoms with Gasteiger partial charge in [0.1, 0.15) is 0 Å². The fraction of sp³-hybridized carbons (Fsp3) is 0.650. The van der Waals surface area contributed by atoms with Gasteiger partial charge in [0.15, 0.2) is 0 Å². The lowest BCUT2D eigenvalue weighted by Gasteiger charge is -2.05. The van der Waals surface area contributed by atoms with Gasteiger partial charge < -0.3 is 10.1 Å². The number of rotatable bonds is 14. The molecule has 1 N–H and O–H groups in total. The summed E-state index contributed by atoms with van der Waals surface area (Å²) in [5, 5.41) is 2.93. The van der Waals surface area contributed by atoms with E-state index in [4.69, 9.17) is 4.74 Å². The highest BCUT2D eigenvalue weighted by Crippen LogP contribution is 2.12. The Labute approximate surface area is 141 Å². The molecule has 0 aromatic heterocycles. The van der Waals surface area contributed by atoms with Crippen LogP contribution in [0, 0.1) is 0 Å². The molecule has 1 rings (SSSR count). The molecule has 0 radical (unpaired) electrons. The number of carbonyl (C=O) groups excluding carboxylic acids is 1. The Bertz CT molecular complexity index is 392. The molecule has 0 fully saturated rings. The van der Waals surface area contributed by atoms with Crippen LogP contribution in [0.15, 0.2) is 30.3 Å². The van der Waals surface area contributed by atoms with Gasteiger partial charge in [0.05, 0.1) is 0 Å². The summed E-state index contributed by atoms with van der Waals surface area (Å²) in [5.74, 6) is 0.130. The maximum atomic E-state index is 11.8. The minimum absolute atomic E-state index is 0.130. The number of hydrogen-bond acceptors (Lipinski definition) is 2. The Hall–Kier alpha value is -1.35. The van der Waals surface area contributed by atoms with Gasteiger partial charge in [0.25, 0.3) is 0 Å². The van der Waals surface area contributed by atoms with Crippen LogP contribution < -0.4 is 5.32 Å². The summed E-state index contributed by atoms with van der Waals surface area (Å²) < 4.78 is 5.33. The lowest BCUT2D eigenvalue weighted by molar-refractivity contribution is -0.116. The molecular formula is C20H33NO2. The molecule has 0 heterocycles. The normalized spacial score (nSPS) is 10.7. The highest BCUT2D eigenvalue weighted by molar-refractivity contribution is 5.90. The zero-order valence-electron chi connectivity index (χ0n) is 14.7. The van der Waals surface area contributed by atoms with Gasteiger partial charge in [0.2, 0.25) is 5.91 Å². The number of anilines is 1. The number of carbonyl (C=O) groups is 1. The van der Waals surface area contributed by atoms with E-state index in [9.17, 15) is 4.79 Å². The zero-order chi connectivity index (χ0) is 16.6. The molecule has 1 aromatic rings. The Balaban J connectivity index is 1.83. The Morgan fingerprint density at radius 3 is 2.04 bits per heavy atom. The molecule has 3 nitrogen and oxygen atoms in total. The number of unbranched alkanes of at least 4 members (excludes halogenated alkanes) is 8. The predicted molar refractivity (Wildman–Crippen MR) is 97.7 cm³/mol. The van der Waals surface area contributed by atoms with Crippen molar-refractivity contribution in [3.63, 3.8) is 0 Å². The average Bonchev–Trinajstić information content (AvgIpc) is 2.57. The van der Waals surface area contributed by atoms with Gasteiger partial charge in [-0.25, -0.2) is 0 Å². The monoisotopic (exact) mass is 319 g/mol. The summed E-state index contributed by atoms with van der Waals surface area (Å²) in [5.41, 5.74) is 0.891. The van der Waals surface area contributed by atoms with E-state index in [1.165, 1.54) is 44.9 Å². The van der Waals surface area contributed by atoms with Gasteiger partial charge in [-0.15, -0.1) is 0 Å². The molecule has 0 atom stereocenters. The van der Waals surface area contributed by atoms with Crippen LogP contribution in [0.5, 0.6) is 0 Å². The molecule has 130 valence electrons. The second-order valence-electron chi connectivity index (χ2n) is 6.04. The van der Waals surface area contributed by atoms with Gasteiger partial charge in [-0.2, -0.15) is 0 Å². The Morgan fingerprint density at radius 2 is 1.43 bits per heavy atom. The lowest BCUT2D eigenvalue weighted by atomic mass is 10.1. The highest BCUT2D eigenvalue weighted by atomic mass is 16.5. The third kappa shape index (κ3) is 11.8. The van der Waals surface area contributed by atoms with E-state index >= 15 is 0 Å². The first kappa shape index (κ1) is 19.7. The molecule has 23 heavy (non-hydrogen) atoms. The fourth-order valence-corrected chi connectivity index (χ4v) is 2.62. The standard InChI is InChI=1S/C20H33NO2/c1-2-23-18-14-9-7-5-3-4-6-8-13-17-20(22)21-19-15-11-10-12-16-19/h10-12,15-16H,2-9,13-14,17-18H2,1H3,(H,21,22). The zero-order valence-corrected chi connectivity index (χ0v) is 14.7. The summed E-state index contributed by atoms with van der Waals surface area (Å²) in [6.45, 7) is 3.80. The van der Waals surface area contributed by atoms with Crippen LogP contribution in [-0.2, 0) is 9.53 Å². The van der Waals surface area contributed by atoms with E-state index in [0.717, 1.165) is 31.7 Å².